The number of thiophene rings is 1. The van der Waals surface area contributed by atoms with Crippen LogP contribution in [0.25, 0.3) is 10.2 Å². The number of nitrogens with one attached hydrogen (secondary N) is 1. The molecule has 3 N–H and O–H groups in total. The van der Waals surface area contributed by atoms with Gasteiger partial charge in [0.2, 0.25) is 5.95 Å². The summed E-state index contributed by atoms with van der Waals surface area (Å²) < 4.78 is 1.18. The van der Waals surface area contributed by atoms with Gasteiger partial charge in [-0.1, -0.05) is 19.8 Å². The van der Waals surface area contributed by atoms with E-state index in [4.69, 9.17) is 5.84 Å². The topological polar surface area (TPSA) is 63.8 Å². The van der Waals surface area contributed by atoms with Gasteiger partial charge in [0.25, 0.3) is 0 Å². The molecule has 0 aliphatic heterocycles. The normalized spacial score (nSPS) is 23.7. The van der Waals surface area contributed by atoms with Crippen molar-refractivity contribution in [1.82, 2.24) is 9.97 Å². The molecule has 1 aliphatic rings. The largest absolute Gasteiger partial charge is 0.292 e. The number of fused-ring (bicyclic) bond motifs is 1. The molecule has 102 valence electrons. The van der Waals surface area contributed by atoms with E-state index in [0.29, 0.717) is 11.2 Å². The Hall–Kier alpha value is -0.850. The van der Waals surface area contributed by atoms with Crippen molar-refractivity contribution in [2.45, 2.75) is 42.9 Å². The molecule has 2 heterocycles. The second kappa shape index (κ2) is 5.64. The van der Waals surface area contributed by atoms with Crippen LogP contribution >= 0.6 is 23.1 Å². The second-order valence-electron chi connectivity index (χ2n) is 5.14. The van der Waals surface area contributed by atoms with Crippen molar-refractivity contribution in [1.29, 1.82) is 0 Å². The first-order valence-electron chi connectivity index (χ1n) is 6.65. The minimum atomic E-state index is 0.511. The maximum Gasteiger partial charge on any atom is 0.238 e. The van der Waals surface area contributed by atoms with Crippen LogP contribution in [0.2, 0.25) is 0 Å². The van der Waals surface area contributed by atoms with Crippen molar-refractivity contribution in [3.8, 4) is 0 Å². The van der Waals surface area contributed by atoms with Gasteiger partial charge in [0, 0.05) is 5.25 Å². The van der Waals surface area contributed by atoms with Gasteiger partial charge in [0.1, 0.15) is 5.03 Å². The average Bonchev–Trinajstić information content (AvgIpc) is 2.87. The Morgan fingerprint density at radius 3 is 3.11 bits per heavy atom. The average molecular weight is 294 g/mol. The predicted molar refractivity (Wildman–Crippen MR) is 82.5 cm³/mol. The van der Waals surface area contributed by atoms with Gasteiger partial charge in [-0.15, -0.1) is 23.1 Å². The summed E-state index contributed by atoms with van der Waals surface area (Å²) in [6, 6.07) is 2.02. The highest BCUT2D eigenvalue weighted by molar-refractivity contribution is 8.00. The fourth-order valence-electron chi connectivity index (χ4n) is 2.62. The number of hydrogen-bond donors (Lipinski definition) is 2. The van der Waals surface area contributed by atoms with E-state index in [1.807, 2.05) is 17.8 Å². The number of nitrogens with zero attached hydrogens (tertiary/aromatic N) is 2. The van der Waals surface area contributed by atoms with Gasteiger partial charge in [-0.25, -0.2) is 15.8 Å². The van der Waals surface area contributed by atoms with E-state index in [0.717, 1.165) is 16.5 Å². The van der Waals surface area contributed by atoms with E-state index in [1.54, 1.807) is 11.3 Å². The molecule has 1 saturated carbocycles. The molecule has 0 saturated heterocycles. The Labute approximate surface area is 121 Å². The van der Waals surface area contributed by atoms with Gasteiger partial charge < -0.3 is 0 Å². The van der Waals surface area contributed by atoms with Crippen LogP contribution in [0.1, 0.15) is 32.6 Å². The molecule has 2 aromatic heterocycles. The number of nitrogens with two attached hydrogens (primary N) is 1. The third kappa shape index (κ3) is 2.85. The van der Waals surface area contributed by atoms with Crippen LogP contribution < -0.4 is 11.3 Å². The molecule has 3 rings (SSSR count). The van der Waals surface area contributed by atoms with Gasteiger partial charge in [0.05, 0.1) is 10.2 Å². The van der Waals surface area contributed by atoms with Gasteiger partial charge in [-0.2, -0.15) is 0 Å². The molecule has 1 aliphatic carbocycles. The van der Waals surface area contributed by atoms with Gasteiger partial charge in [0.15, 0.2) is 0 Å². The minimum absolute atomic E-state index is 0.511. The van der Waals surface area contributed by atoms with Crippen molar-refractivity contribution < 1.29 is 0 Å². The zero-order chi connectivity index (χ0) is 13.2. The summed E-state index contributed by atoms with van der Waals surface area (Å²) >= 11 is 3.60. The molecule has 2 unspecified atom stereocenters. The quantitative estimate of drug-likeness (QED) is 0.514. The number of hydrogen-bond acceptors (Lipinski definition) is 6. The molecule has 19 heavy (non-hydrogen) atoms. The summed E-state index contributed by atoms with van der Waals surface area (Å²) in [5.41, 5.74) is 3.55. The van der Waals surface area contributed by atoms with Crippen molar-refractivity contribution in [2.24, 2.45) is 11.8 Å². The summed E-state index contributed by atoms with van der Waals surface area (Å²) in [7, 11) is 0. The molecule has 2 atom stereocenters. The summed E-state index contributed by atoms with van der Waals surface area (Å²) in [4.78, 5) is 8.91. The van der Waals surface area contributed by atoms with E-state index in [9.17, 15) is 0 Å². The van der Waals surface area contributed by atoms with Crippen LogP contribution in [0.15, 0.2) is 16.5 Å². The lowest BCUT2D eigenvalue weighted by atomic mass is 9.91. The Morgan fingerprint density at radius 2 is 2.32 bits per heavy atom. The summed E-state index contributed by atoms with van der Waals surface area (Å²) in [6.45, 7) is 2.35. The number of rotatable bonds is 3. The zero-order valence-electron chi connectivity index (χ0n) is 10.9. The van der Waals surface area contributed by atoms with Crippen LogP contribution in [0, 0.1) is 5.92 Å². The fraction of sp³-hybridized carbons (Fsp3) is 0.538. The molecular weight excluding hydrogens is 276 g/mol. The lowest BCUT2D eigenvalue weighted by Gasteiger charge is -2.25. The Kier molecular flexibility index (Phi) is 3.91. The molecule has 0 spiro atoms. The highest BCUT2D eigenvalue weighted by atomic mass is 32.2. The maximum absolute atomic E-state index is 5.45. The first-order valence-corrected chi connectivity index (χ1v) is 8.40. The number of anilines is 1. The van der Waals surface area contributed by atoms with Gasteiger partial charge in [-0.05, 0) is 30.2 Å². The lowest BCUT2D eigenvalue weighted by Crippen LogP contribution is -2.15. The molecule has 4 nitrogen and oxygen atoms in total. The third-order valence-corrected chi connectivity index (χ3v) is 5.89. The van der Waals surface area contributed by atoms with Crippen LogP contribution in [0.4, 0.5) is 5.95 Å². The van der Waals surface area contributed by atoms with Crippen molar-refractivity contribution in [3.63, 3.8) is 0 Å². The monoisotopic (exact) mass is 294 g/mol. The van der Waals surface area contributed by atoms with Crippen molar-refractivity contribution in [2.75, 3.05) is 5.43 Å². The molecule has 0 amide bonds. The summed E-state index contributed by atoms with van der Waals surface area (Å²) in [6.07, 6.45) is 5.27. The smallest absolute Gasteiger partial charge is 0.238 e. The fourth-order valence-corrected chi connectivity index (χ4v) is 5.00. The summed E-state index contributed by atoms with van der Waals surface area (Å²) in [5.74, 6) is 6.80. The number of nitrogen functional groups attached to an aromatic ring is 1. The van der Waals surface area contributed by atoms with Crippen LogP contribution in [0.5, 0.6) is 0 Å². The molecule has 6 heteroatoms. The molecule has 0 aromatic carbocycles. The maximum atomic E-state index is 5.45. The van der Waals surface area contributed by atoms with E-state index >= 15 is 0 Å². The van der Waals surface area contributed by atoms with E-state index in [1.165, 1.54) is 30.4 Å². The van der Waals surface area contributed by atoms with Crippen LogP contribution in [0.3, 0.4) is 0 Å². The van der Waals surface area contributed by atoms with Crippen molar-refractivity contribution in [3.05, 3.63) is 11.4 Å². The summed E-state index contributed by atoms with van der Waals surface area (Å²) in [5, 5.41) is 3.81. The number of hydrazine groups is 1. The number of aromatic nitrogens is 2. The first-order chi connectivity index (χ1) is 9.26. The Balaban J connectivity index is 1.88. The van der Waals surface area contributed by atoms with E-state index in [2.05, 4.69) is 27.7 Å². The molecule has 0 bridgehead atoms. The molecule has 0 radical (unpaired) electrons. The Bertz CT molecular complexity index is 569. The van der Waals surface area contributed by atoms with E-state index in [-0.39, 0.29) is 0 Å². The SMILES string of the molecule is CC1CCCC(Sc2nc(NN)nc3ccsc23)C1. The highest BCUT2D eigenvalue weighted by Crippen LogP contribution is 2.39. The van der Waals surface area contributed by atoms with Crippen LogP contribution in [-0.2, 0) is 0 Å². The standard InChI is InChI=1S/C13H18N4S2/c1-8-3-2-4-9(7-8)19-12-11-10(5-6-18-11)15-13(16-12)17-14/h5-6,8-9H,2-4,7,14H2,1H3,(H,15,16,17). The minimum Gasteiger partial charge on any atom is -0.292 e. The Morgan fingerprint density at radius 1 is 1.42 bits per heavy atom. The molecule has 1 fully saturated rings. The second-order valence-corrected chi connectivity index (χ2v) is 7.35. The first kappa shape index (κ1) is 13.1. The number of thioether (sulfide) groups is 1. The van der Waals surface area contributed by atoms with Crippen molar-refractivity contribution >= 4 is 39.3 Å². The van der Waals surface area contributed by atoms with Gasteiger partial charge in [-0.3, -0.25) is 5.43 Å². The zero-order valence-corrected chi connectivity index (χ0v) is 12.6. The lowest BCUT2D eigenvalue weighted by molar-refractivity contribution is 0.394. The van der Waals surface area contributed by atoms with E-state index < -0.39 is 0 Å². The van der Waals surface area contributed by atoms with Gasteiger partial charge >= 0.3 is 0 Å². The predicted octanol–water partition coefficient (Wildman–Crippen LogP) is 3.65. The third-order valence-electron chi connectivity index (χ3n) is 3.57. The molecule has 2 aromatic rings. The highest BCUT2D eigenvalue weighted by Gasteiger charge is 2.22. The van der Waals surface area contributed by atoms with Crippen LogP contribution in [-0.4, -0.2) is 15.2 Å². The molecular formula is C13H18N4S2.